The van der Waals surface area contributed by atoms with Gasteiger partial charge in [-0.05, 0) is 19.0 Å². The predicted octanol–water partition coefficient (Wildman–Crippen LogP) is 1.65. The number of nitro benzene ring substituents is 1. The molecule has 0 aromatic heterocycles. The summed E-state index contributed by atoms with van der Waals surface area (Å²) in [5.41, 5.74) is 0.721. The van der Waals surface area contributed by atoms with Crippen LogP contribution in [0.1, 0.15) is 18.0 Å². The van der Waals surface area contributed by atoms with Crippen molar-refractivity contribution in [2.75, 3.05) is 20.8 Å². The molecule has 0 aliphatic carbocycles. The Morgan fingerprint density at radius 3 is 2.35 bits per heavy atom. The minimum absolute atomic E-state index is 0.0372. The number of rotatable bonds is 4. The molecule has 0 amide bonds. The fourth-order valence-electron chi connectivity index (χ4n) is 1.88. The summed E-state index contributed by atoms with van der Waals surface area (Å²) in [6.07, 6.45) is 0.899. The van der Waals surface area contributed by atoms with Crippen molar-refractivity contribution in [1.29, 1.82) is 0 Å². The first-order valence-electron chi connectivity index (χ1n) is 5.31. The highest BCUT2D eigenvalue weighted by molar-refractivity contribution is 5.55. The highest BCUT2D eigenvalue weighted by atomic mass is 16.6. The summed E-state index contributed by atoms with van der Waals surface area (Å²) < 4.78 is 10.2. The Labute approximate surface area is 98.7 Å². The average molecular weight is 238 g/mol. The third-order valence-corrected chi connectivity index (χ3v) is 2.93. The maximum atomic E-state index is 11.0. The molecule has 0 spiro atoms. The number of hydrogen-bond acceptors (Lipinski definition) is 5. The second-order valence-electron chi connectivity index (χ2n) is 3.82. The maximum Gasteiger partial charge on any atom is 0.278 e. The standard InChI is InChI=1S/C11H14N2O4/c1-16-10-5-7(8-3-4-12-8)9(13(14)15)6-11(10)17-2/h5-6,8,12H,3-4H2,1-2H3. The van der Waals surface area contributed by atoms with E-state index in [0.29, 0.717) is 17.1 Å². The minimum Gasteiger partial charge on any atom is -0.493 e. The van der Waals surface area contributed by atoms with Gasteiger partial charge in [0.25, 0.3) is 5.69 Å². The van der Waals surface area contributed by atoms with Crippen LogP contribution in [-0.4, -0.2) is 25.7 Å². The predicted molar refractivity (Wildman–Crippen MR) is 61.6 cm³/mol. The number of nitro groups is 1. The van der Waals surface area contributed by atoms with Gasteiger partial charge in [-0.3, -0.25) is 10.1 Å². The average Bonchev–Trinajstić information content (AvgIpc) is 2.25. The molecule has 6 nitrogen and oxygen atoms in total. The number of hydrogen-bond donors (Lipinski definition) is 1. The lowest BCUT2D eigenvalue weighted by molar-refractivity contribution is -0.386. The van der Waals surface area contributed by atoms with Gasteiger partial charge in [-0.25, -0.2) is 0 Å². The molecule has 0 radical (unpaired) electrons. The first-order chi connectivity index (χ1) is 8.17. The van der Waals surface area contributed by atoms with E-state index in [1.165, 1.54) is 20.3 Å². The molecule has 1 unspecified atom stereocenters. The van der Waals surface area contributed by atoms with Gasteiger partial charge in [-0.1, -0.05) is 0 Å². The number of ether oxygens (including phenoxy) is 2. The second-order valence-corrected chi connectivity index (χ2v) is 3.82. The highest BCUT2D eigenvalue weighted by Crippen LogP contribution is 2.39. The number of benzene rings is 1. The van der Waals surface area contributed by atoms with Gasteiger partial charge < -0.3 is 14.8 Å². The van der Waals surface area contributed by atoms with E-state index in [-0.39, 0.29) is 11.7 Å². The molecule has 1 saturated heterocycles. The highest BCUT2D eigenvalue weighted by Gasteiger charge is 2.28. The summed E-state index contributed by atoms with van der Waals surface area (Å²) in [5, 5.41) is 14.2. The van der Waals surface area contributed by atoms with Crippen LogP contribution in [-0.2, 0) is 0 Å². The van der Waals surface area contributed by atoms with E-state index < -0.39 is 4.92 Å². The van der Waals surface area contributed by atoms with Gasteiger partial charge in [-0.2, -0.15) is 0 Å². The SMILES string of the molecule is COc1cc(C2CCN2)c([N+](=O)[O-])cc1OC. The summed E-state index contributed by atoms with van der Waals surface area (Å²) in [6.45, 7) is 0.885. The molecule has 1 aliphatic heterocycles. The molecule has 0 bridgehead atoms. The molecule has 92 valence electrons. The van der Waals surface area contributed by atoms with Crippen LogP contribution in [0.5, 0.6) is 11.5 Å². The summed E-state index contributed by atoms with van der Waals surface area (Å²) in [6, 6.07) is 3.12. The largest absolute Gasteiger partial charge is 0.493 e. The van der Waals surface area contributed by atoms with Crippen LogP contribution in [0.4, 0.5) is 5.69 Å². The van der Waals surface area contributed by atoms with Crippen molar-refractivity contribution < 1.29 is 14.4 Å². The fraction of sp³-hybridized carbons (Fsp3) is 0.455. The van der Waals surface area contributed by atoms with Crippen LogP contribution < -0.4 is 14.8 Å². The molecule has 1 aromatic carbocycles. The summed E-state index contributed by atoms with van der Waals surface area (Å²) >= 11 is 0. The third kappa shape index (κ3) is 2.03. The Kier molecular flexibility index (Phi) is 3.14. The molecule has 1 N–H and O–H groups in total. The topological polar surface area (TPSA) is 73.6 Å². The number of methoxy groups -OCH3 is 2. The number of nitrogens with one attached hydrogen (secondary N) is 1. The van der Waals surface area contributed by atoms with Crippen molar-refractivity contribution >= 4 is 5.69 Å². The molecule has 0 saturated carbocycles. The van der Waals surface area contributed by atoms with Gasteiger partial charge in [0.1, 0.15) is 0 Å². The van der Waals surface area contributed by atoms with E-state index in [0.717, 1.165) is 13.0 Å². The lowest BCUT2D eigenvalue weighted by Gasteiger charge is -2.28. The molecule has 17 heavy (non-hydrogen) atoms. The Balaban J connectivity index is 2.50. The molecule has 1 aromatic rings. The Morgan fingerprint density at radius 1 is 1.35 bits per heavy atom. The maximum absolute atomic E-state index is 11.0. The number of nitrogens with zero attached hydrogens (tertiary/aromatic N) is 1. The normalized spacial score (nSPS) is 18.4. The van der Waals surface area contributed by atoms with Gasteiger partial charge in [0.05, 0.1) is 30.8 Å². The molecule has 1 aliphatic rings. The Bertz CT molecular complexity index is 443. The van der Waals surface area contributed by atoms with Crippen LogP contribution in [0.3, 0.4) is 0 Å². The first-order valence-corrected chi connectivity index (χ1v) is 5.31. The zero-order valence-electron chi connectivity index (χ0n) is 9.73. The summed E-state index contributed by atoms with van der Waals surface area (Å²) in [4.78, 5) is 10.6. The van der Waals surface area contributed by atoms with Crippen molar-refractivity contribution in [2.45, 2.75) is 12.5 Å². The molecule has 6 heteroatoms. The van der Waals surface area contributed by atoms with E-state index in [1.54, 1.807) is 6.07 Å². The Morgan fingerprint density at radius 2 is 1.94 bits per heavy atom. The summed E-state index contributed by atoms with van der Waals surface area (Å²) in [7, 11) is 2.98. The van der Waals surface area contributed by atoms with Crippen molar-refractivity contribution in [2.24, 2.45) is 0 Å². The molecule has 1 fully saturated rings. The van der Waals surface area contributed by atoms with E-state index in [9.17, 15) is 10.1 Å². The smallest absolute Gasteiger partial charge is 0.278 e. The third-order valence-electron chi connectivity index (χ3n) is 2.93. The van der Waals surface area contributed by atoms with Crippen molar-refractivity contribution in [3.8, 4) is 11.5 Å². The molecular weight excluding hydrogens is 224 g/mol. The van der Waals surface area contributed by atoms with Crippen LogP contribution in [0.25, 0.3) is 0 Å². The van der Waals surface area contributed by atoms with E-state index in [2.05, 4.69) is 5.32 Å². The van der Waals surface area contributed by atoms with Crippen LogP contribution in [0, 0.1) is 10.1 Å². The van der Waals surface area contributed by atoms with Crippen LogP contribution in [0.15, 0.2) is 12.1 Å². The fourth-order valence-corrected chi connectivity index (χ4v) is 1.88. The van der Waals surface area contributed by atoms with E-state index in [4.69, 9.17) is 9.47 Å². The lowest BCUT2D eigenvalue weighted by atomic mass is 9.96. The Hall–Kier alpha value is -1.82. The first kappa shape index (κ1) is 11.7. The van der Waals surface area contributed by atoms with Gasteiger partial charge in [0.2, 0.25) is 0 Å². The molecule has 1 heterocycles. The zero-order chi connectivity index (χ0) is 12.4. The lowest BCUT2D eigenvalue weighted by Crippen LogP contribution is -2.35. The minimum atomic E-state index is -0.392. The molecular formula is C11H14N2O4. The quantitative estimate of drug-likeness (QED) is 0.637. The molecule has 1 atom stereocenters. The van der Waals surface area contributed by atoms with Gasteiger partial charge >= 0.3 is 0 Å². The monoisotopic (exact) mass is 238 g/mol. The van der Waals surface area contributed by atoms with Gasteiger partial charge in [0.15, 0.2) is 11.5 Å². The van der Waals surface area contributed by atoms with Gasteiger partial charge in [0, 0.05) is 6.04 Å². The second kappa shape index (κ2) is 4.58. The van der Waals surface area contributed by atoms with Crippen LogP contribution in [0.2, 0.25) is 0 Å². The zero-order valence-corrected chi connectivity index (χ0v) is 9.73. The van der Waals surface area contributed by atoms with Crippen molar-refractivity contribution in [1.82, 2.24) is 5.32 Å². The van der Waals surface area contributed by atoms with Gasteiger partial charge in [-0.15, -0.1) is 0 Å². The van der Waals surface area contributed by atoms with Crippen molar-refractivity contribution in [3.05, 3.63) is 27.8 Å². The van der Waals surface area contributed by atoms with Crippen LogP contribution >= 0.6 is 0 Å². The van der Waals surface area contributed by atoms with Crippen molar-refractivity contribution in [3.63, 3.8) is 0 Å². The molecule has 2 rings (SSSR count). The van der Waals surface area contributed by atoms with E-state index >= 15 is 0 Å². The summed E-state index contributed by atoms with van der Waals surface area (Å²) in [5.74, 6) is 0.893. The van der Waals surface area contributed by atoms with E-state index in [1.807, 2.05) is 0 Å².